The van der Waals surface area contributed by atoms with Crippen LogP contribution in [0.5, 0.6) is 0 Å². The van der Waals surface area contributed by atoms with Crippen LogP contribution in [0.4, 0.5) is 0 Å². The van der Waals surface area contributed by atoms with E-state index >= 15 is 0 Å². The summed E-state index contributed by atoms with van der Waals surface area (Å²) in [4.78, 5) is 12.0. The summed E-state index contributed by atoms with van der Waals surface area (Å²) in [6.45, 7) is 6.04. The minimum Gasteiger partial charge on any atom is -0.481 e. The Labute approximate surface area is 143 Å². The van der Waals surface area contributed by atoms with E-state index in [9.17, 15) is 20.1 Å². The molecule has 4 heteroatoms. The molecule has 1 aromatic rings. The fraction of sp³-hybridized carbons (Fsp3) is 0.650. The Morgan fingerprint density at radius 3 is 2.67 bits per heavy atom. The number of carboxylic acids is 1. The molecule has 5 atom stereocenters. The van der Waals surface area contributed by atoms with Gasteiger partial charge in [-0.25, -0.2) is 0 Å². The number of aliphatic carboxylic acids is 1. The van der Waals surface area contributed by atoms with Crippen LogP contribution in [0.2, 0.25) is 0 Å². The van der Waals surface area contributed by atoms with Crippen molar-refractivity contribution in [2.45, 2.75) is 63.9 Å². The summed E-state index contributed by atoms with van der Waals surface area (Å²) in [5.74, 6) is -0.673. The fourth-order valence-corrected chi connectivity index (χ4v) is 5.30. The number of rotatable bonds is 3. The highest BCUT2D eigenvalue weighted by Gasteiger charge is 2.57. The van der Waals surface area contributed by atoms with Crippen molar-refractivity contribution in [1.82, 2.24) is 0 Å². The van der Waals surface area contributed by atoms with Gasteiger partial charge in [0, 0.05) is 12.5 Å². The molecule has 1 saturated carbocycles. The summed E-state index contributed by atoms with van der Waals surface area (Å²) in [5.41, 5.74) is 2.34. The van der Waals surface area contributed by atoms with Crippen LogP contribution in [-0.4, -0.2) is 34.0 Å². The lowest BCUT2D eigenvalue weighted by Gasteiger charge is -2.55. The Bertz CT molecular complexity index is 655. The number of carboxylic acid groups (broad SMARTS) is 1. The van der Waals surface area contributed by atoms with E-state index in [0.717, 1.165) is 18.4 Å². The van der Waals surface area contributed by atoms with E-state index in [0.29, 0.717) is 12.8 Å². The molecule has 4 nitrogen and oxygen atoms in total. The molecule has 2 aliphatic carbocycles. The zero-order chi connectivity index (χ0) is 17.7. The molecule has 132 valence electrons. The van der Waals surface area contributed by atoms with Gasteiger partial charge in [-0.1, -0.05) is 32.0 Å². The van der Waals surface area contributed by atoms with Crippen molar-refractivity contribution in [3.05, 3.63) is 34.9 Å². The predicted molar refractivity (Wildman–Crippen MR) is 92.1 cm³/mol. The predicted octanol–water partition coefficient (Wildman–Crippen LogP) is 2.85. The maximum Gasteiger partial charge on any atom is 0.309 e. The first-order chi connectivity index (χ1) is 11.2. The molecule has 24 heavy (non-hydrogen) atoms. The van der Waals surface area contributed by atoms with Crippen molar-refractivity contribution in [1.29, 1.82) is 0 Å². The molecule has 1 fully saturated rings. The average molecular weight is 332 g/mol. The molecule has 0 aromatic heterocycles. The third-order valence-corrected chi connectivity index (χ3v) is 6.64. The molecule has 0 aliphatic heterocycles. The summed E-state index contributed by atoms with van der Waals surface area (Å²) in [6.07, 6.45) is 2.05. The van der Waals surface area contributed by atoms with E-state index in [1.165, 1.54) is 11.1 Å². The monoisotopic (exact) mass is 332 g/mol. The minimum atomic E-state index is -0.888. The van der Waals surface area contributed by atoms with Crippen LogP contribution >= 0.6 is 0 Å². The van der Waals surface area contributed by atoms with Gasteiger partial charge < -0.3 is 15.3 Å². The maximum atomic E-state index is 12.0. The molecule has 0 unspecified atom stereocenters. The van der Waals surface area contributed by atoms with Gasteiger partial charge in [0.25, 0.3) is 0 Å². The third kappa shape index (κ3) is 2.47. The first-order valence-corrected chi connectivity index (χ1v) is 8.88. The van der Waals surface area contributed by atoms with Gasteiger partial charge in [0.1, 0.15) is 0 Å². The highest BCUT2D eigenvalue weighted by atomic mass is 16.4. The van der Waals surface area contributed by atoms with Crippen molar-refractivity contribution in [2.24, 2.45) is 11.3 Å². The second kappa shape index (κ2) is 5.85. The number of carbonyl (C=O) groups is 1. The number of benzene rings is 1. The molecular weight excluding hydrogens is 304 g/mol. The van der Waals surface area contributed by atoms with Crippen LogP contribution in [0.1, 0.15) is 62.6 Å². The fourth-order valence-electron chi connectivity index (χ4n) is 5.30. The van der Waals surface area contributed by atoms with E-state index in [1.807, 2.05) is 13.0 Å². The van der Waals surface area contributed by atoms with Gasteiger partial charge in [0.15, 0.2) is 0 Å². The molecule has 0 spiro atoms. The van der Waals surface area contributed by atoms with Gasteiger partial charge in [0.05, 0.1) is 11.5 Å². The first-order valence-electron chi connectivity index (χ1n) is 8.88. The van der Waals surface area contributed by atoms with Crippen molar-refractivity contribution in [3.8, 4) is 0 Å². The van der Waals surface area contributed by atoms with E-state index < -0.39 is 17.5 Å². The number of aryl methyl sites for hydroxylation is 1. The van der Waals surface area contributed by atoms with Gasteiger partial charge in [-0.05, 0) is 60.6 Å². The summed E-state index contributed by atoms with van der Waals surface area (Å²) < 4.78 is 0. The SMILES string of the molecule is C[C@H](CO)c1ccc2c(c1)CC[C@H]1[C@](C)(C(=O)O)C[C@H](O)C[C@]21C. The van der Waals surface area contributed by atoms with Crippen LogP contribution in [0.15, 0.2) is 18.2 Å². The standard InChI is InChI=1S/C20H28O4/c1-12(11-21)13-4-6-16-14(8-13)5-7-17-19(16,2)9-15(22)10-20(17,3)18(23)24/h4,6,8,12,15,17,21-22H,5,7,9-11H2,1-3H3,(H,23,24)/t12-,15-,17-,19-,20-/m1/s1. The molecule has 1 aromatic carbocycles. The van der Waals surface area contributed by atoms with Crippen molar-refractivity contribution in [2.75, 3.05) is 6.61 Å². The lowest BCUT2D eigenvalue weighted by atomic mass is 9.49. The van der Waals surface area contributed by atoms with Crippen LogP contribution in [0.3, 0.4) is 0 Å². The van der Waals surface area contributed by atoms with E-state index in [-0.39, 0.29) is 23.9 Å². The number of hydrogen-bond acceptors (Lipinski definition) is 3. The zero-order valence-corrected chi connectivity index (χ0v) is 14.7. The number of hydrogen-bond donors (Lipinski definition) is 3. The third-order valence-electron chi connectivity index (χ3n) is 6.64. The minimum absolute atomic E-state index is 0.0273. The molecule has 0 heterocycles. The largest absolute Gasteiger partial charge is 0.481 e. The maximum absolute atomic E-state index is 12.0. The smallest absolute Gasteiger partial charge is 0.309 e. The Hall–Kier alpha value is -1.39. The zero-order valence-electron chi connectivity index (χ0n) is 14.7. The topological polar surface area (TPSA) is 77.8 Å². The van der Waals surface area contributed by atoms with Crippen molar-refractivity contribution in [3.63, 3.8) is 0 Å². The van der Waals surface area contributed by atoms with Crippen LogP contribution < -0.4 is 0 Å². The lowest BCUT2D eigenvalue weighted by molar-refractivity contribution is -0.162. The van der Waals surface area contributed by atoms with E-state index in [4.69, 9.17) is 0 Å². The van der Waals surface area contributed by atoms with E-state index in [1.54, 1.807) is 6.92 Å². The second-order valence-electron chi connectivity index (χ2n) is 8.29. The van der Waals surface area contributed by atoms with Gasteiger partial charge in [0.2, 0.25) is 0 Å². The molecule has 3 rings (SSSR count). The summed E-state index contributed by atoms with van der Waals surface area (Å²) >= 11 is 0. The summed E-state index contributed by atoms with van der Waals surface area (Å²) in [5, 5.41) is 29.6. The summed E-state index contributed by atoms with van der Waals surface area (Å²) in [6, 6.07) is 6.31. The average Bonchev–Trinajstić information content (AvgIpc) is 2.52. The number of aliphatic hydroxyl groups is 2. The normalized spacial score (nSPS) is 36.5. The lowest BCUT2D eigenvalue weighted by Crippen LogP contribution is -2.56. The van der Waals surface area contributed by atoms with Crippen molar-refractivity contribution >= 4 is 5.97 Å². The highest BCUT2D eigenvalue weighted by Crippen LogP contribution is 2.57. The number of aliphatic hydroxyl groups excluding tert-OH is 2. The molecule has 3 N–H and O–H groups in total. The Balaban J connectivity index is 2.08. The molecule has 2 aliphatic rings. The Morgan fingerprint density at radius 1 is 1.33 bits per heavy atom. The highest BCUT2D eigenvalue weighted by molar-refractivity contribution is 5.75. The van der Waals surface area contributed by atoms with Gasteiger partial charge >= 0.3 is 5.97 Å². The van der Waals surface area contributed by atoms with Crippen LogP contribution in [-0.2, 0) is 16.6 Å². The van der Waals surface area contributed by atoms with Gasteiger partial charge in [-0.3, -0.25) is 4.79 Å². The molecule has 0 radical (unpaired) electrons. The number of fused-ring (bicyclic) bond motifs is 3. The summed E-state index contributed by atoms with van der Waals surface area (Å²) in [7, 11) is 0. The van der Waals surface area contributed by atoms with Crippen molar-refractivity contribution < 1.29 is 20.1 Å². The molecule has 0 saturated heterocycles. The quantitative estimate of drug-likeness (QED) is 0.795. The van der Waals surface area contributed by atoms with Crippen LogP contribution in [0, 0.1) is 11.3 Å². The van der Waals surface area contributed by atoms with Gasteiger partial charge in [-0.15, -0.1) is 0 Å². The van der Waals surface area contributed by atoms with Crippen LogP contribution in [0.25, 0.3) is 0 Å². The molecular formula is C20H28O4. The Morgan fingerprint density at radius 2 is 2.04 bits per heavy atom. The Kier molecular flexibility index (Phi) is 4.25. The van der Waals surface area contributed by atoms with E-state index in [2.05, 4.69) is 19.1 Å². The molecule has 0 bridgehead atoms. The second-order valence-corrected chi connectivity index (χ2v) is 8.29. The first kappa shape index (κ1) is 17.4. The van der Waals surface area contributed by atoms with Gasteiger partial charge in [-0.2, -0.15) is 0 Å². The molecule has 0 amide bonds.